The Kier molecular flexibility index (Phi) is 4.68. The number of nitrogens with zero attached hydrogens (tertiary/aromatic N) is 3. The predicted octanol–water partition coefficient (Wildman–Crippen LogP) is 1.95. The fraction of sp³-hybridized carbons (Fsp3) is 0.214. The van der Waals surface area contributed by atoms with Crippen LogP contribution in [0.15, 0.2) is 42.5 Å². The number of likely N-dealkylation sites (N-methyl/N-ethyl adjacent to an activating group) is 1. The molecule has 3 N–H and O–H groups in total. The van der Waals surface area contributed by atoms with Gasteiger partial charge in [-0.3, -0.25) is 10.1 Å². The zero-order valence-corrected chi connectivity index (χ0v) is 11.7. The van der Waals surface area contributed by atoms with E-state index in [4.69, 9.17) is 5.84 Å². The quantitative estimate of drug-likeness (QED) is 0.479. The molecule has 0 aliphatic heterocycles. The number of nitrogen functional groups attached to an aromatic ring is 1. The van der Waals surface area contributed by atoms with Gasteiger partial charge in [-0.15, -0.1) is 0 Å². The Morgan fingerprint density at radius 3 is 2.62 bits per heavy atom. The fourth-order valence-corrected chi connectivity index (χ4v) is 1.99. The van der Waals surface area contributed by atoms with E-state index in [-0.39, 0.29) is 5.69 Å². The number of nitrogens with two attached hydrogens (primary N) is 1. The third-order valence-electron chi connectivity index (χ3n) is 3.14. The molecule has 0 amide bonds. The van der Waals surface area contributed by atoms with E-state index >= 15 is 0 Å². The molecule has 0 saturated carbocycles. The number of pyridine rings is 1. The van der Waals surface area contributed by atoms with Crippen molar-refractivity contribution in [3.63, 3.8) is 0 Å². The molecule has 0 saturated heterocycles. The van der Waals surface area contributed by atoms with Gasteiger partial charge in [0, 0.05) is 19.7 Å². The maximum atomic E-state index is 11.1. The van der Waals surface area contributed by atoms with Crippen LogP contribution in [0.5, 0.6) is 0 Å². The monoisotopic (exact) mass is 287 g/mol. The highest BCUT2D eigenvalue weighted by molar-refractivity contribution is 5.61. The molecule has 1 aromatic heterocycles. The van der Waals surface area contributed by atoms with Gasteiger partial charge in [0.15, 0.2) is 0 Å². The van der Waals surface area contributed by atoms with Crippen LogP contribution in [0.3, 0.4) is 0 Å². The maximum Gasteiger partial charge on any atom is 0.311 e. The van der Waals surface area contributed by atoms with Gasteiger partial charge in [-0.05, 0) is 18.1 Å². The number of benzene rings is 1. The minimum atomic E-state index is -0.443. The van der Waals surface area contributed by atoms with Crippen molar-refractivity contribution in [2.45, 2.75) is 6.42 Å². The second-order valence-corrected chi connectivity index (χ2v) is 4.60. The molecule has 1 heterocycles. The van der Waals surface area contributed by atoms with Crippen molar-refractivity contribution in [2.75, 3.05) is 23.9 Å². The van der Waals surface area contributed by atoms with E-state index in [1.807, 2.05) is 30.3 Å². The van der Waals surface area contributed by atoms with Crippen LogP contribution in [0.4, 0.5) is 17.3 Å². The van der Waals surface area contributed by atoms with Crippen molar-refractivity contribution < 1.29 is 4.92 Å². The first-order valence-corrected chi connectivity index (χ1v) is 6.49. The minimum absolute atomic E-state index is 0.0374. The lowest BCUT2D eigenvalue weighted by atomic mass is 10.1. The lowest BCUT2D eigenvalue weighted by Gasteiger charge is -2.18. The SMILES string of the molecule is CN(CCc1ccccc1)c1nc(NN)ccc1[N+](=O)[O-]. The topological polar surface area (TPSA) is 97.3 Å². The number of aromatic nitrogens is 1. The van der Waals surface area contributed by atoms with E-state index in [1.165, 1.54) is 17.7 Å². The lowest BCUT2D eigenvalue weighted by Crippen LogP contribution is -2.23. The largest absolute Gasteiger partial charge is 0.354 e. The van der Waals surface area contributed by atoms with Crippen molar-refractivity contribution in [1.82, 2.24) is 4.98 Å². The van der Waals surface area contributed by atoms with Gasteiger partial charge in [0.25, 0.3) is 0 Å². The molecular weight excluding hydrogens is 270 g/mol. The highest BCUT2D eigenvalue weighted by Crippen LogP contribution is 2.26. The summed E-state index contributed by atoms with van der Waals surface area (Å²) in [7, 11) is 1.78. The summed E-state index contributed by atoms with van der Waals surface area (Å²) >= 11 is 0. The second kappa shape index (κ2) is 6.67. The Hall–Kier alpha value is -2.67. The number of hydrazine groups is 1. The fourth-order valence-electron chi connectivity index (χ4n) is 1.99. The van der Waals surface area contributed by atoms with Crippen molar-refractivity contribution in [3.05, 3.63) is 58.1 Å². The first kappa shape index (κ1) is 14.7. The molecule has 7 heteroatoms. The summed E-state index contributed by atoms with van der Waals surface area (Å²) in [6, 6.07) is 12.8. The van der Waals surface area contributed by atoms with Crippen molar-refractivity contribution >= 4 is 17.3 Å². The van der Waals surface area contributed by atoms with Crippen LogP contribution in [-0.4, -0.2) is 23.5 Å². The molecule has 1 aromatic carbocycles. The van der Waals surface area contributed by atoms with Gasteiger partial charge in [0.1, 0.15) is 5.82 Å². The van der Waals surface area contributed by atoms with Gasteiger partial charge >= 0.3 is 5.69 Å². The molecule has 0 aliphatic carbocycles. The summed E-state index contributed by atoms with van der Waals surface area (Å²) in [4.78, 5) is 16.6. The third kappa shape index (κ3) is 3.67. The number of hydrogen-bond donors (Lipinski definition) is 2. The Morgan fingerprint density at radius 2 is 2.00 bits per heavy atom. The average Bonchev–Trinajstić information content (AvgIpc) is 2.52. The summed E-state index contributed by atoms with van der Waals surface area (Å²) in [5, 5.41) is 11.1. The van der Waals surface area contributed by atoms with Crippen LogP contribution < -0.4 is 16.2 Å². The number of nitrogens with one attached hydrogen (secondary N) is 1. The van der Waals surface area contributed by atoms with E-state index in [1.54, 1.807) is 11.9 Å². The summed E-state index contributed by atoms with van der Waals surface area (Å²) < 4.78 is 0. The van der Waals surface area contributed by atoms with Gasteiger partial charge in [-0.25, -0.2) is 10.8 Å². The number of nitro groups is 1. The van der Waals surface area contributed by atoms with Crippen LogP contribution in [-0.2, 0) is 6.42 Å². The molecular formula is C14H17N5O2. The Labute approximate surface area is 122 Å². The predicted molar refractivity (Wildman–Crippen MR) is 82.1 cm³/mol. The molecule has 21 heavy (non-hydrogen) atoms. The lowest BCUT2D eigenvalue weighted by molar-refractivity contribution is -0.384. The molecule has 0 fully saturated rings. The molecule has 7 nitrogen and oxygen atoms in total. The van der Waals surface area contributed by atoms with Crippen molar-refractivity contribution in [2.24, 2.45) is 5.84 Å². The second-order valence-electron chi connectivity index (χ2n) is 4.60. The molecule has 0 unspecified atom stereocenters. The van der Waals surface area contributed by atoms with Gasteiger partial charge in [0.05, 0.1) is 4.92 Å². The Balaban J connectivity index is 2.17. The van der Waals surface area contributed by atoms with Crippen LogP contribution in [0.1, 0.15) is 5.56 Å². The Morgan fingerprint density at radius 1 is 1.29 bits per heavy atom. The number of hydrogen-bond acceptors (Lipinski definition) is 6. The van der Waals surface area contributed by atoms with E-state index < -0.39 is 4.92 Å². The molecule has 2 rings (SSSR count). The standard InChI is InChI=1S/C14H17N5O2/c1-18(10-9-11-5-3-2-4-6-11)14-12(19(20)21)7-8-13(16-14)17-15/h2-8H,9-10,15H2,1H3,(H,16,17). The highest BCUT2D eigenvalue weighted by Gasteiger charge is 2.19. The smallest absolute Gasteiger partial charge is 0.311 e. The molecule has 0 spiro atoms. The summed E-state index contributed by atoms with van der Waals surface area (Å²) in [6.45, 7) is 0.617. The first-order chi connectivity index (χ1) is 10.1. The van der Waals surface area contributed by atoms with Crippen molar-refractivity contribution in [3.8, 4) is 0 Å². The van der Waals surface area contributed by atoms with Crippen LogP contribution >= 0.6 is 0 Å². The zero-order chi connectivity index (χ0) is 15.2. The molecule has 0 aliphatic rings. The maximum absolute atomic E-state index is 11.1. The van der Waals surface area contributed by atoms with E-state index in [0.717, 1.165) is 6.42 Å². The van der Waals surface area contributed by atoms with E-state index in [0.29, 0.717) is 18.2 Å². The molecule has 110 valence electrons. The third-order valence-corrected chi connectivity index (χ3v) is 3.14. The highest BCUT2D eigenvalue weighted by atomic mass is 16.6. The molecule has 0 radical (unpaired) electrons. The molecule has 2 aromatic rings. The summed E-state index contributed by atoms with van der Waals surface area (Å²) in [6.07, 6.45) is 0.774. The molecule has 0 bridgehead atoms. The molecule has 0 atom stereocenters. The Bertz CT molecular complexity index is 618. The van der Waals surface area contributed by atoms with Gasteiger partial charge in [-0.1, -0.05) is 30.3 Å². The zero-order valence-electron chi connectivity index (χ0n) is 11.7. The summed E-state index contributed by atoms with van der Waals surface area (Å²) in [5.41, 5.74) is 3.53. The first-order valence-electron chi connectivity index (χ1n) is 6.49. The van der Waals surface area contributed by atoms with E-state index in [9.17, 15) is 10.1 Å². The van der Waals surface area contributed by atoms with Gasteiger partial charge < -0.3 is 10.3 Å². The van der Waals surface area contributed by atoms with Gasteiger partial charge in [0.2, 0.25) is 5.82 Å². The van der Waals surface area contributed by atoms with E-state index in [2.05, 4.69) is 10.4 Å². The minimum Gasteiger partial charge on any atom is -0.354 e. The van der Waals surface area contributed by atoms with Crippen molar-refractivity contribution in [1.29, 1.82) is 0 Å². The normalized spacial score (nSPS) is 10.2. The number of anilines is 2. The van der Waals surface area contributed by atoms with Crippen LogP contribution in [0, 0.1) is 10.1 Å². The van der Waals surface area contributed by atoms with Crippen LogP contribution in [0.25, 0.3) is 0 Å². The van der Waals surface area contributed by atoms with Crippen LogP contribution in [0.2, 0.25) is 0 Å². The number of rotatable bonds is 6. The summed E-state index contributed by atoms with van der Waals surface area (Å²) in [5.74, 6) is 6.00. The average molecular weight is 287 g/mol. The van der Waals surface area contributed by atoms with Gasteiger partial charge in [-0.2, -0.15) is 0 Å².